The lowest BCUT2D eigenvalue weighted by Gasteiger charge is -2.11. The van der Waals surface area contributed by atoms with Gasteiger partial charge in [-0.25, -0.2) is 22.9 Å². The molecule has 1 heterocycles. The third kappa shape index (κ3) is 5.22. The number of nitrogens with zero attached hydrogens (tertiary/aromatic N) is 2. The second-order valence-corrected chi connectivity index (χ2v) is 7.72. The molecular formula is C20H18FN5O3S. The van der Waals surface area contributed by atoms with Crippen LogP contribution in [0.15, 0.2) is 53.6 Å². The van der Waals surface area contributed by atoms with Crippen LogP contribution >= 0.6 is 0 Å². The summed E-state index contributed by atoms with van der Waals surface area (Å²) in [6, 6.07) is 11.4. The van der Waals surface area contributed by atoms with Gasteiger partial charge in [-0.3, -0.25) is 0 Å². The number of halogens is 1. The van der Waals surface area contributed by atoms with Gasteiger partial charge in [0.15, 0.2) is 11.6 Å². The number of aromatic nitrogens is 2. The lowest BCUT2D eigenvalue weighted by Crippen LogP contribution is -2.14. The fourth-order valence-electron chi connectivity index (χ4n) is 2.55. The van der Waals surface area contributed by atoms with Crippen molar-refractivity contribution in [3.63, 3.8) is 0 Å². The summed E-state index contributed by atoms with van der Waals surface area (Å²) in [4.78, 5) is 7.96. The summed E-state index contributed by atoms with van der Waals surface area (Å²) in [5, 5.41) is 10.9. The molecule has 30 heavy (non-hydrogen) atoms. The Bertz CT molecular complexity index is 1230. The first-order valence-corrected chi connectivity index (χ1v) is 10.2. The van der Waals surface area contributed by atoms with E-state index in [1.165, 1.54) is 6.07 Å². The minimum Gasteiger partial charge on any atom is -0.481 e. The molecule has 0 aliphatic rings. The smallest absolute Gasteiger partial charge is 0.238 e. The van der Waals surface area contributed by atoms with Crippen molar-refractivity contribution >= 4 is 33.2 Å². The van der Waals surface area contributed by atoms with E-state index in [1.54, 1.807) is 43.3 Å². The van der Waals surface area contributed by atoms with Crippen LogP contribution in [0.5, 0.6) is 5.75 Å². The van der Waals surface area contributed by atoms with Crippen molar-refractivity contribution in [3.05, 3.63) is 60.0 Å². The zero-order chi connectivity index (χ0) is 21.7. The van der Waals surface area contributed by atoms with Gasteiger partial charge >= 0.3 is 0 Å². The van der Waals surface area contributed by atoms with Gasteiger partial charge in [-0.15, -0.1) is 6.42 Å². The Hall–Kier alpha value is -3.68. The molecule has 0 saturated heterocycles. The summed E-state index contributed by atoms with van der Waals surface area (Å²) in [5.74, 6) is 2.18. The van der Waals surface area contributed by atoms with Crippen molar-refractivity contribution in [2.24, 2.45) is 5.14 Å². The number of hydrogen-bond acceptors (Lipinski definition) is 7. The minimum absolute atomic E-state index is 0.0308. The molecule has 0 aliphatic carbocycles. The summed E-state index contributed by atoms with van der Waals surface area (Å²) in [6.45, 7) is 1.73. The molecular weight excluding hydrogens is 409 g/mol. The Labute approximate surface area is 173 Å². The average Bonchev–Trinajstić information content (AvgIpc) is 2.70. The average molecular weight is 427 g/mol. The van der Waals surface area contributed by atoms with Crippen LogP contribution < -0.4 is 20.5 Å². The number of terminal acetylenes is 1. The number of nitrogens with two attached hydrogens (primary N) is 1. The standard InChI is InChI=1S/C20H18FN5O3S/c1-3-9-29-16-6-4-5-14(10-16)24-19-17(21)12-23-20(26-19)25-15-8-7-13(2)18(11-15)30(22,27)28/h1,4-8,10-12H,9H2,2H3,(H2,22,27,28)(H2,23,24,25,26). The van der Waals surface area contributed by atoms with Gasteiger partial charge in [0.1, 0.15) is 12.4 Å². The lowest BCUT2D eigenvalue weighted by atomic mass is 10.2. The zero-order valence-electron chi connectivity index (χ0n) is 15.9. The van der Waals surface area contributed by atoms with E-state index in [9.17, 15) is 12.8 Å². The molecule has 154 valence electrons. The number of primary sulfonamides is 1. The number of aryl methyl sites for hydroxylation is 1. The van der Waals surface area contributed by atoms with Gasteiger partial charge in [0.25, 0.3) is 0 Å². The molecule has 0 saturated carbocycles. The van der Waals surface area contributed by atoms with Gasteiger partial charge in [0.05, 0.1) is 11.1 Å². The Kier molecular flexibility index (Phi) is 6.15. The SMILES string of the molecule is C#CCOc1cccc(Nc2nc(Nc3ccc(C)c(S(N)(=O)=O)c3)ncc2F)c1. The molecule has 0 atom stereocenters. The second kappa shape index (κ2) is 8.77. The van der Waals surface area contributed by atoms with Gasteiger partial charge in [0, 0.05) is 17.4 Å². The molecule has 1 aromatic heterocycles. The summed E-state index contributed by atoms with van der Waals surface area (Å²) >= 11 is 0. The third-order valence-electron chi connectivity index (χ3n) is 3.91. The van der Waals surface area contributed by atoms with Crippen molar-refractivity contribution in [2.75, 3.05) is 17.2 Å². The molecule has 2 aromatic carbocycles. The highest BCUT2D eigenvalue weighted by Gasteiger charge is 2.13. The first-order chi connectivity index (χ1) is 14.3. The highest BCUT2D eigenvalue weighted by molar-refractivity contribution is 7.89. The maximum atomic E-state index is 14.2. The van der Waals surface area contributed by atoms with E-state index < -0.39 is 15.8 Å². The number of ether oxygens (including phenoxy) is 1. The number of nitrogens with one attached hydrogen (secondary N) is 2. The van der Waals surface area contributed by atoms with Crippen LogP contribution in [0.2, 0.25) is 0 Å². The van der Waals surface area contributed by atoms with Crippen LogP contribution in [0.3, 0.4) is 0 Å². The number of rotatable bonds is 7. The van der Waals surface area contributed by atoms with E-state index >= 15 is 0 Å². The van der Waals surface area contributed by atoms with E-state index in [2.05, 4.69) is 26.5 Å². The number of benzene rings is 2. The van der Waals surface area contributed by atoms with Crippen molar-refractivity contribution in [1.82, 2.24) is 9.97 Å². The fourth-order valence-corrected chi connectivity index (χ4v) is 3.36. The predicted molar refractivity (Wildman–Crippen MR) is 112 cm³/mol. The molecule has 0 spiro atoms. The van der Waals surface area contributed by atoms with Crippen molar-refractivity contribution in [2.45, 2.75) is 11.8 Å². The number of sulfonamides is 1. The summed E-state index contributed by atoms with van der Waals surface area (Å²) < 4.78 is 42.9. The van der Waals surface area contributed by atoms with Crippen molar-refractivity contribution < 1.29 is 17.5 Å². The fraction of sp³-hybridized carbons (Fsp3) is 0.100. The quantitative estimate of drug-likeness (QED) is 0.496. The summed E-state index contributed by atoms with van der Waals surface area (Å²) in [5.41, 5.74) is 1.41. The van der Waals surface area contributed by atoms with Gasteiger partial charge in [-0.2, -0.15) is 4.98 Å². The predicted octanol–water partition coefficient (Wildman–Crippen LogP) is 3.07. The van der Waals surface area contributed by atoms with Crippen molar-refractivity contribution in [1.29, 1.82) is 0 Å². The highest BCUT2D eigenvalue weighted by atomic mass is 32.2. The molecule has 0 bridgehead atoms. The first kappa shape index (κ1) is 21.0. The second-order valence-electron chi connectivity index (χ2n) is 6.19. The van der Waals surface area contributed by atoms with E-state index in [0.717, 1.165) is 6.20 Å². The normalized spacial score (nSPS) is 10.9. The van der Waals surface area contributed by atoms with Gasteiger partial charge in [0.2, 0.25) is 16.0 Å². The Balaban J connectivity index is 1.84. The number of hydrogen-bond donors (Lipinski definition) is 3. The molecule has 3 rings (SSSR count). The Morgan fingerprint density at radius 3 is 2.70 bits per heavy atom. The minimum atomic E-state index is -3.89. The molecule has 0 unspecified atom stereocenters. The van der Waals surface area contributed by atoms with E-state index in [0.29, 0.717) is 22.7 Å². The van der Waals surface area contributed by atoms with Crippen LogP contribution in [0.25, 0.3) is 0 Å². The molecule has 0 fully saturated rings. The molecule has 0 aliphatic heterocycles. The maximum absolute atomic E-state index is 14.2. The first-order valence-electron chi connectivity index (χ1n) is 8.62. The summed E-state index contributed by atoms with van der Waals surface area (Å²) in [7, 11) is -3.89. The van der Waals surface area contributed by atoms with Crippen LogP contribution in [-0.2, 0) is 10.0 Å². The van der Waals surface area contributed by atoms with E-state index in [4.69, 9.17) is 16.3 Å². The van der Waals surface area contributed by atoms with Gasteiger partial charge < -0.3 is 15.4 Å². The van der Waals surface area contributed by atoms with Gasteiger partial charge in [-0.1, -0.05) is 18.1 Å². The maximum Gasteiger partial charge on any atom is 0.238 e. The third-order valence-corrected chi connectivity index (χ3v) is 4.97. The van der Waals surface area contributed by atoms with Crippen LogP contribution in [-0.4, -0.2) is 25.0 Å². The van der Waals surface area contributed by atoms with E-state index in [1.807, 2.05) is 0 Å². The van der Waals surface area contributed by atoms with Crippen molar-refractivity contribution in [3.8, 4) is 18.1 Å². The molecule has 3 aromatic rings. The molecule has 10 heteroatoms. The molecule has 8 nitrogen and oxygen atoms in total. The number of anilines is 4. The molecule has 0 radical (unpaired) electrons. The van der Waals surface area contributed by atoms with E-state index in [-0.39, 0.29) is 23.3 Å². The largest absolute Gasteiger partial charge is 0.481 e. The molecule has 0 amide bonds. The zero-order valence-corrected chi connectivity index (χ0v) is 16.7. The Morgan fingerprint density at radius 1 is 1.20 bits per heavy atom. The van der Waals surface area contributed by atoms with Gasteiger partial charge in [-0.05, 0) is 36.8 Å². The molecule has 4 N–H and O–H groups in total. The Morgan fingerprint density at radius 2 is 1.97 bits per heavy atom. The lowest BCUT2D eigenvalue weighted by molar-refractivity contribution is 0.370. The van der Waals surface area contributed by atoms with Crippen LogP contribution in [0.4, 0.5) is 27.5 Å². The van der Waals surface area contributed by atoms with Crippen LogP contribution in [0.1, 0.15) is 5.56 Å². The highest BCUT2D eigenvalue weighted by Crippen LogP contribution is 2.25. The van der Waals surface area contributed by atoms with Crippen LogP contribution in [0, 0.1) is 25.1 Å². The summed E-state index contributed by atoms with van der Waals surface area (Å²) in [6.07, 6.45) is 6.17. The topological polar surface area (TPSA) is 119 Å². The monoisotopic (exact) mass is 427 g/mol.